The number of methoxy groups -OCH3 is 1. The average molecular weight is 120 g/mol. The van der Waals surface area contributed by atoms with Gasteiger partial charge in [0.25, 0.3) is 0 Å². The van der Waals surface area contributed by atoms with Gasteiger partial charge in [-0.1, -0.05) is 6.92 Å². The minimum Gasteiger partial charge on any atom is -0.402 e. The third-order valence-corrected chi connectivity index (χ3v) is 1.41. The van der Waals surface area contributed by atoms with Gasteiger partial charge in [-0.05, 0) is 6.04 Å². The average Bonchev–Trinajstić information content (AvgIpc) is 1.69. The summed E-state index contributed by atoms with van der Waals surface area (Å²) >= 11 is 0. The quantitative estimate of drug-likeness (QED) is 0.298. The van der Waals surface area contributed by atoms with Crippen LogP contribution in [0.25, 0.3) is 0 Å². The van der Waals surface area contributed by atoms with Crippen LogP contribution in [0.2, 0.25) is 6.04 Å². The highest BCUT2D eigenvalue weighted by Crippen LogP contribution is 1.75. The van der Waals surface area contributed by atoms with Gasteiger partial charge < -0.3 is 9.16 Å². The molecule has 0 saturated carbocycles. The van der Waals surface area contributed by atoms with Gasteiger partial charge >= 0.3 is 0 Å². The standard InChI is InChI=1S/C4H12O2Si/c1-3-7-6-4-5-2/h3-4,7H2,1-2H3. The Bertz CT molecular complexity index is 28.9. The molecule has 0 N–H and O–H groups in total. The summed E-state index contributed by atoms with van der Waals surface area (Å²) in [5, 5.41) is 0. The van der Waals surface area contributed by atoms with Crippen LogP contribution in [0.3, 0.4) is 0 Å². The molecule has 0 unspecified atom stereocenters. The molecule has 0 amide bonds. The molecule has 2 nitrogen and oxygen atoms in total. The molecule has 0 fully saturated rings. The van der Waals surface area contributed by atoms with Crippen LogP contribution >= 0.6 is 0 Å². The summed E-state index contributed by atoms with van der Waals surface area (Å²) in [5.41, 5.74) is 0. The second kappa shape index (κ2) is 6.14. The highest BCUT2D eigenvalue weighted by atomic mass is 28.2. The molecule has 0 aliphatic heterocycles. The molecule has 0 aliphatic carbocycles. The van der Waals surface area contributed by atoms with Crippen molar-refractivity contribution in [3.8, 4) is 0 Å². The predicted molar refractivity (Wildman–Crippen MR) is 32.0 cm³/mol. The zero-order valence-electron chi connectivity index (χ0n) is 4.94. The Morgan fingerprint density at radius 1 is 1.57 bits per heavy atom. The van der Waals surface area contributed by atoms with Gasteiger partial charge in [0.05, 0.1) is 0 Å². The van der Waals surface area contributed by atoms with Crippen LogP contribution in [0.1, 0.15) is 6.92 Å². The molecular weight excluding hydrogens is 108 g/mol. The van der Waals surface area contributed by atoms with Crippen LogP contribution in [-0.4, -0.2) is 23.7 Å². The molecule has 0 rings (SSSR count). The van der Waals surface area contributed by atoms with Crippen molar-refractivity contribution < 1.29 is 9.16 Å². The second-order valence-corrected chi connectivity index (χ2v) is 3.13. The Labute approximate surface area is 46.8 Å². The van der Waals surface area contributed by atoms with Gasteiger partial charge in [-0.15, -0.1) is 0 Å². The third-order valence-electron chi connectivity index (χ3n) is 0.550. The van der Waals surface area contributed by atoms with Crippen molar-refractivity contribution in [1.29, 1.82) is 0 Å². The van der Waals surface area contributed by atoms with Crippen molar-refractivity contribution in [3.05, 3.63) is 0 Å². The monoisotopic (exact) mass is 120 g/mol. The van der Waals surface area contributed by atoms with Crippen LogP contribution in [0.15, 0.2) is 0 Å². The summed E-state index contributed by atoms with van der Waals surface area (Å²) in [6.45, 7) is 2.61. The minimum absolute atomic E-state index is 0.214. The lowest BCUT2D eigenvalue weighted by atomic mass is 11.0. The molecule has 44 valence electrons. The fourth-order valence-corrected chi connectivity index (χ4v) is 0.860. The lowest BCUT2D eigenvalue weighted by Gasteiger charge is -1.96. The van der Waals surface area contributed by atoms with E-state index in [1.807, 2.05) is 0 Å². The predicted octanol–water partition coefficient (Wildman–Crippen LogP) is 0.129. The molecule has 0 aliphatic rings. The second-order valence-electron chi connectivity index (χ2n) is 1.31. The lowest BCUT2D eigenvalue weighted by Crippen LogP contribution is -1.99. The van der Waals surface area contributed by atoms with Gasteiger partial charge in [0.2, 0.25) is 0 Å². The van der Waals surface area contributed by atoms with Gasteiger partial charge in [0.15, 0.2) is 9.76 Å². The number of rotatable bonds is 4. The first-order valence-electron chi connectivity index (χ1n) is 2.48. The van der Waals surface area contributed by atoms with E-state index < -0.39 is 0 Å². The van der Waals surface area contributed by atoms with Crippen molar-refractivity contribution >= 4 is 9.76 Å². The van der Waals surface area contributed by atoms with E-state index in [1.165, 1.54) is 6.04 Å². The first-order chi connectivity index (χ1) is 3.41. The van der Waals surface area contributed by atoms with Crippen LogP contribution in [0.4, 0.5) is 0 Å². The first kappa shape index (κ1) is 7.14. The highest BCUT2D eigenvalue weighted by Gasteiger charge is 1.79. The van der Waals surface area contributed by atoms with E-state index >= 15 is 0 Å². The molecule has 3 heteroatoms. The molecule has 0 saturated heterocycles. The summed E-state index contributed by atoms with van der Waals surface area (Å²) in [7, 11) is 1.43. The zero-order chi connectivity index (χ0) is 5.54. The van der Waals surface area contributed by atoms with E-state index in [9.17, 15) is 0 Å². The SMILES string of the molecule is CC[SiH2]OCOC. The molecule has 0 radical (unpaired) electrons. The minimum atomic E-state index is -0.214. The van der Waals surface area contributed by atoms with Crippen molar-refractivity contribution in [2.24, 2.45) is 0 Å². The van der Waals surface area contributed by atoms with E-state index in [4.69, 9.17) is 4.43 Å². The van der Waals surface area contributed by atoms with Gasteiger partial charge in [-0.3, -0.25) is 0 Å². The molecule has 0 bridgehead atoms. The van der Waals surface area contributed by atoms with Gasteiger partial charge in [0, 0.05) is 7.11 Å². The third kappa shape index (κ3) is 6.14. The van der Waals surface area contributed by atoms with Crippen LogP contribution in [0.5, 0.6) is 0 Å². The van der Waals surface area contributed by atoms with Crippen molar-refractivity contribution in [1.82, 2.24) is 0 Å². The van der Waals surface area contributed by atoms with E-state index in [0.29, 0.717) is 6.79 Å². The summed E-state index contributed by atoms with van der Waals surface area (Å²) < 4.78 is 9.70. The normalized spacial score (nSPS) is 11.1. The fraction of sp³-hybridized carbons (Fsp3) is 1.00. The lowest BCUT2D eigenvalue weighted by molar-refractivity contribution is 0.0538. The largest absolute Gasteiger partial charge is 0.402 e. The highest BCUT2D eigenvalue weighted by molar-refractivity contribution is 6.26. The number of ether oxygens (including phenoxy) is 1. The maximum Gasteiger partial charge on any atom is 0.164 e. The molecule has 0 aromatic rings. The van der Waals surface area contributed by atoms with E-state index in [0.717, 1.165) is 0 Å². The maximum absolute atomic E-state index is 5.05. The topological polar surface area (TPSA) is 18.5 Å². The van der Waals surface area contributed by atoms with Crippen LogP contribution in [0, 0.1) is 0 Å². The van der Waals surface area contributed by atoms with Gasteiger partial charge in [-0.25, -0.2) is 0 Å². The summed E-state index contributed by atoms with van der Waals surface area (Å²) in [5.74, 6) is 0. The van der Waals surface area contributed by atoms with Gasteiger partial charge in [0.1, 0.15) is 6.79 Å². The fourth-order valence-electron chi connectivity index (χ4n) is 0.287. The van der Waals surface area contributed by atoms with E-state index in [1.54, 1.807) is 7.11 Å². The number of hydrogen-bond acceptors (Lipinski definition) is 2. The van der Waals surface area contributed by atoms with Crippen molar-refractivity contribution in [2.75, 3.05) is 13.9 Å². The Balaban J connectivity index is 2.45. The first-order valence-corrected chi connectivity index (χ1v) is 4.06. The Morgan fingerprint density at radius 3 is 2.71 bits per heavy atom. The molecule has 0 aromatic carbocycles. The van der Waals surface area contributed by atoms with Crippen LogP contribution in [-0.2, 0) is 9.16 Å². The Morgan fingerprint density at radius 2 is 2.29 bits per heavy atom. The van der Waals surface area contributed by atoms with Crippen molar-refractivity contribution in [2.45, 2.75) is 13.0 Å². The number of hydrogen-bond donors (Lipinski definition) is 0. The molecule has 0 heterocycles. The maximum atomic E-state index is 5.05. The molecule has 0 spiro atoms. The summed E-state index contributed by atoms with van der Waals surface area (Å²) in [6, 6.07) is 1.20. The van der Waals surface area contributed by atoms with Gasteiger partial charge in [-0.2, -0.15) is 0 Å². The molecule has 0 atom stereocenters. The summed E-state index contributed by atoms with van der Waals surface area (Å²) in [6.07, 6.45) is 0. The summed E-state index contributed by atoms with van der Waals surface area (Å²) in [4.78, 5) is 0. The zero-order valence-corrected chi connectivity index (χ0v) is 6.35. The Kier molecular flexibility index (Phi) is 6.26. The molecule has 7 heavy (non-hydrogen) atoms. The Hall–Kier alpha value is 0.137. The van der Waals surface area contributed by atoms with E-state index in [-0.39, 0.29) is 9.76 Å². The smallest absolute Gasteiger partial charge is 0.164 e. The molecule has 0 aromatic heterocycles. The van der Waals surface area contributed by atoms with Crippen LogP contribution < -0.4 is 0 Å². The van der Waals surface area contributed by atoms with E-state index in [2.05, 4.69) is 11.7 Å². The van der Waals surface area contributed by atoms with Crippen molar-refractivity contribution in [3.63, 3.8) is 0 Å². The molecular formula is C4H12O2Si.